The minimum Gasteiger partial charge on any atom is -0.490 e. The van der Waals surface area contributed by atoms with Crippen molar-refractivity contribution in [3.8, 4) is 23.8 Å². The molecule has 0 aliphatic rings. The van der Waals surface area contributed by atoms with Gasteiger partial charge >= 0.3 is 5.97 Å². The lowest BCUT2D eigenvalue weighted by Crippen LogP contribution is -2.05. The summed E-state index contributed by atoms with van der Waals surface area (Å²) in [5.41, 5.74) is 1.97. The number of hydrogen-bond acceptors (Lipinski definition) is 4. The second-order valence-electron chi connectivity index (χ2n) is 5.07. The lowest BCUT2D eigenvalue weighted by atomic mass is 10.1. The fraction of sp³-hybridized carbons (Fsp3) is 0.211. The van der Waals surface area contributed by atoms with E-state index in [4.69, 9.17) is 21.0 Å². The zero-order valence-corrected chi connectivity index (χ0v) is 15.9. The Morgan fingerprint density at radius 2 is 2.12 bits per heavy atom. The lowest BCUT2D eigenvalue weighted by molar-refractivity contribution is 0.0697. The predicted octanol–water partition coefficient (Wildman–Crippen LogP) is 4.01. The van der Waals surface area contributed by atoms with Crippen LogP contribution in [0.1, 0.15) is 22.8 Å². The number of ether oxygens (including phenoxy) is 2. The van der Waals surface area contributed by atoms with Gasteiger partial charge in [0.1, 0.15) is 6.61 Å². The van der Waals surface area contributed by atoms with Gasteiger partial charge in [-0.3, -0.25) is 0 Å². The number of halogens is 1. The van der Waals surface area contributed by atoms with Gasteiger partial charge in [0.15, 0.2) is 11.5 Å². The molecule has 0 fully saturated rings. The first-order valence-electron chi connectivity index (χ1n) is 7.63. The average molecular weight is 451 g/mol. The van der Waals surface area contributed by atoms with Crippen LogP contribution in [0, 0.1) is 15.9 Å². The molecule has 0 bridgehead atoms. The highest BCUT2D eigenvalue weighted by Gasteiger charge is 2.12. The van der Waals surface area contributed by atoms with Crippen LogP contribution >= 0.6 is 22.6 Å². The van der Waals surface area contributed by atoms with Gasteiger partial charge in [0.25, 0.3) is 0 Å². The van der Waals surface area contributed by atoms with Gasteiger partial charge < -0.3 is 19.9 Å². The van der Waals surface area contributed by atoms with Crippen LogP contribution < -0.4 is 14.8 Å². The summed E-state index contributed by atoms with van der Waals surface area (Å²) in [5, 5.41) is 12.3. The summed E-state index contributed by atoms with van der Waals surface area (Å²) >= 11 is 2.18. The minimum absolute atomic E-state index is 0.176. The number of terminal acetylenes is 1. The molecule has 0 spiro atoms. The molecule has 25 heavy (non-hydrogen) atoms. The molecule has 0 amide bonds. The van der Waals surface area contributed by atoms with E-state index in [2.05, 4.69) is 33.8 Å². The van der Waals surface area contributed by atoms with E-state index in [1.54, 1.807) is 18.2 Å². The van der Waals surface area contributed by atoms with Crippen molar-refractivity contribution in [3.63, 3.8) is 0 Å². The molecule has 0 aliphatic heterocycles. The average Bonchev–Trinajstić information content (AvgIpc) is 2.60. The lowest BCUT2D eigenvalue weighted by Gasteiger charge is -2.15. The highest BCUT2D eigenvalue weighted by atomic mass is 127. The predicted molar refractivity (Wildman–Crippen MR) is 105 cm³/mol. The van der Waals surface area contributed by atoms with Crippen molar-refractivity contribution in [3.05, 3.63) is 51.1 Å². The fourth-order valence-corrected chi connectivity index (χ4v) is 3.03. The Hall–Kier alpha value is -2.40. The van der Waals surface area contributed by atoms with Crippen molar-refractivity contribution in [1.29, 1.82) is 0 Å². The summed E-state index contributed by atoms with van der Waals surface area (Å²) in [4.78, 5) is 11.0. The van der Waals surface area contributed by atoms with Gasteiger partial charge in [0.2, 0.25) is 0 Å². The number of aromatic carboxylic acids is 1. The summed E-state index contributed by atoms with van der Waals surface area (Å²) in [6, 6.07) is 10.6. The summed E-state index contributed by atoms with van der Waals surface area (Å²) in [6.07, 6.45) is 5.26. The molecular formula is C19H18INO4. The van der Waals surface area contributed by atoms with Crippen LogP contribution in [0.5, 0.6) is 11.5 Å². The van der Waals surface area contributed by atoms with E-state index in [0.717, 1.165) is 14.8 Å². The van der Waals surface area contributed by atoms with E-state index in [1.165, 1.54) is 0 Å². The maximum atomic E-state index is 11.0. The van der Waals surface area contributed by atoms with Crippen LogP contribution in [0.3, 0.4) is 0 Å². The largest absolute Gasteiger partial charge is 0.490 e. The Morgan fingerprint density at radius 3 is 2.80 bits per heavy atom. The number of nitrogens with one attached hydrogen (secondary N) is 1. The van der Waals surface area contributed by atoms with E-state index in [9.17, 15) is 4.79 Å². The van der Waals surface area contributed by atoms with Gasteiger partial charge in [-0.25, -0.2) is 4.79 Å². The summed E-state index contributed by atoms with van der Waals surface area (Å²) < 4.78 is 12.1. The third-order valence-corrected chi connectivity index (χ3v) is 4.08. The zero-order valence-electron chi connectivity index (χ0n) is 13.7. The Morgan fingerprint density at radius 1 is 1.32 bits per heavy atom. The standard InChI is InChI=1S/C19H18INO4/c1-3-8-25-18-16(20)9-13(10-17(18)24-4-2)12-21-15-7-5-6-14(11-15)19(22)23/h1,5-7,9-11,21H,4,8,12H2,2H3,(H,22,23). The molecule has 5 nitrogen and oxygen atoms in total. The van der Waals surface area contributed by atoms with Crippen LogP contribution in [-0.2, 0) is 6.54 Å². The number of anilines is 1. The molecule has 2 aromatic rings. The third kappa shape index (κ3) is 5.29. The molecular weight excluding hydrogens is 433 g/mol. The molecule has 0 aromatic heterocycles. The summed E-state index contributed by atoms with van der Waals surface area (Å²) in [7, 11) is 0. The van der Waals surface area contributed by atoms with Gasteiger partial charge in [-0.2, -0.15) is 0 Å². The number of benzene rings is 2. The van der Waals surface area contributed by atoms with Crippen LogP contribution in [0.2, 0.25) is 0 Å². The van der Waals surface area contributed by atoms with Crippen LogP contribution in [0.15, 0.2) is 36.4 Å². The van der Waals surface area contributed by atoms with Crippen molar-refractivity contribution >= 4 is 34.2 Å². The Balaban J connectivity index is 2.18. The monoisotopic (exact) mass is 451 g/mol. The van der Waals surface area contributed by atoms with Gasteiger partial charge in [-0.15, -0.1) is 6.42 Å². The normalized spacial score (nSPS) is 9.96. The van der Waals surface area contributed by atoms with Crippen LogP contribution in [0.4, 0.5) is 5.69 Å². The van der Waals surface area contributed by atoms with Crippen LogP contribution in [-0.4, -0.2) is 24.3 Å². The van der Waals surface area contributed by atoms with Crippen molar-refractivity contribution in [2.24, 2.45) is 0 Å². The maximum Gasteiger partial charge on any atom is 0.335 e. The third-order valence-electron chi connectivity index (χ3n) is 3.28. The van der Waals surface area contributed by atoms with Crippen molar-refractivity contribution in [2.75, 3.05) is 18.5 Å². The molecule has 0 saturated heterocycles. The molecule has 0 unspecified atom stereocenters. The molecule has 2 N–H and O–H groups in total. The number of carbonyl (C=O) groups is 1. The van der Waals surface area contributed by atoms with Gasteiger partial charge in [0, 0.05) is 12.2 Å². The van der Waals surface area contributed by atoms with E-state index < -0.39 is 5.97 Å². The van der Waals surface area contributed by atoms with E-state index in [-0.39, 0.29) is 12.2 Å². The maximum absolute atomic E-state index is 11.0. The molecule has 0 radical (unpaired) electrons. The molecule has 2 rings (SSSR count). The van der Waals surface area contributed by atoms with E-state index >= 15 is 0 Å². The molecule has 2 aromatic carbocycles. The Bertz CT molecular complexity index is 798. The first-order valence-corrected chi connectivity index (χ1v) is 8.71. The second-order valence-corrected chi connectivity index (χ2v) is 6.23. The molecule has 0 atom stereocenters. The molecule has 0 saturated carbocycles. The number of carboxylic acids is 1. The van der Waals surface area contributed by atoms with Crippen LogP contribution in [0.25, 0.3) is 0 Å². The summed E-state index contributed by atoms with van der Waals surface area (Å²) in [5.74, 6) is 2.77. The first-order chi connectivity index (χ1) is 12.0. The van der Waals surface area contributed by atoms with E-state index in [1.807, 2.05) is 25.1 Å². The first kappa shape index (κ1) is 18.9. The SMILES string of the molecule is C#CCOc1c(I)cc(CNc2cccc(C(=O)O)c2)cc1OCC. The zero-order chi connectivity index (χ0) is 18.2. The summed E-state index contributed by atoms with van der Waals surface area (Å²) in [6.45, 7) is 3.12. The minimum atomic E-state index is -0.952. The highest BCUT2D eigenvalue weighted by molar-refractivity contribution is 14.1. The fourth-order valence-electron chi connectivity index (χ4n) is 2.21. The second kappa shape index (κ2) is 9.18. The molecule has 0 heterocycles. The number of carboxylic acid groups (broad SMARTS) is 1. The van der Waals surface area contributed by atoms with Gasteiger partial charge in [0.05, 0.1) is 15.7 Å². The number of rotatable bonds is 8. The van der Waals surface area contributed by atoms with E-state index in [0.29, 0.717) is 24.7 Å². The number of hydrogen-bond donors (Lipinski definition) is 2. The topological polar surface area (TPSA) is 67.8 Å². The molecule has 130 valence electrons. The Kier molecular flexibility index (Phi) is 6.95. The smallest absolute Gasteiger partial charge is 0.335 e. The molecule has 0 aliphatic carbocycles. The van der Waals surface area contributed by atoms with Gasteiger partial charge in [-0.1, -0.05) is 12.0 Å². The Labute approximate surface area is 160 Å². The van der Waals surface area contributed by atoms with Crippen molar-refractivity contribution in [1.82, 2.24) is 0 Å². The quantitative estimate of drug-likeness (QED) is 0.469. The van der Waals surface area contributed by atoms with Gasteiger partial charge in [-0.05, 0) is 65.4 Å². The van der Waals surface area contributed by atoms with Crippen molar-refractivity contribution < 1.29 is 19.4 Å². The van der Waals surface area contributed by atoms with Crippen molar-refractivity contribution in [2.45, 2.75) is 13.5 Å². The molecule has 6 heteroatoms. The highest BCUT2D eigenvalue weighted by Crippen LogP contribution is 2.34.